The van der Waals surface area contributed by atoms with Crippen molar-refractivity contribution in [3.63, 3.8) is 0 Å². The standard InChI is InChI=1S/C27H23N5O/c28-14-18-7-5-6-17(12-18)13-23-26(20-9-2-4-11-22(20)31-23)25-16-30-27(33)32(25)24-15-29-21-10-3-1-8-19(21)24/h1-12,15-16,29,31H,13-14,28H2,(H,30,33). The number of hydrogen-bond donors (Lipinski definition) is 4. The van der Waals surface area contributed by atoms with Crippen LogP contribution in [0.25, 0.3) is 38.8 Å². The van der Waals surface area contributed by atoms with E-state index in [1.54, 1.807) is 10.8 Å². The van der Waals surface area contributed by atoms with Gasteiger partial charge in [0.25, 0.3) is 0 Å². The molecule has 0 aliphatic carbocycles. The first-order valence-electron chi connectivity index (χ1n) is 11.0. The zero-order valence-corrected chi connectivity index (χ0v) is 17.9. The minimum atomic E-state index is -0.170. The zero-order valence-electron chi connectivity index (χ0n) is 17.9. The predicted octanol–water partition coefficient (Wildman–Crippen LogP) is 4.84. The first-order chi connectivity index (χ1) is 16.2. The van der Waals surface area contributed by atoms with Crippen molar-refractivity contribution < 1.29 is 0 Å². The number of imidazole rings is 1. The molecule has 162 valence electrons. The molecule has 0 unspecified atom stereocenters. The SMILES string of the molecule is NCc1cccc(Cc2[nH]c3ccccc3c2-c2c[nH]c(=O)n2-c2c[nH]c3ccccc23)c1. The van der Waals surface area contributed by atoms with E-state index in [1.807, 2.05) is 54.7 Å². The Hall–Kier alpha value is -4.29. The van der Waals surface area contributed by atoms with Crippen LogP contribution in [0.15, 0.2) is 90.0 Å². The molecule has 0 amide bonds. The second kappa shape index (κ2) is 7.69. The maximum atomic E-state index is 13.0. The average Bonchev–Trinajstić information content (AvgIpc) is 3.53. The summed E-state index contributed by atoms with van der Waals surface area (Å²) in [4.78, 5) is 22.8. The number of aromatic nitrogens is 4. The van der Waals surface area contributed by atoms with Gasteiger partial charge in [-0.3, -0.25) is 4.57 Å². The van der Waals surface area contributed by atoms with Crippen molar-refractivity contribution >= 4 is 21.8 Å². The van der Waals surface area contributed by atoms with Crippen LogP contribution in [-0.4, -0.2) is 19.5 Å². The third-order valence-electron chi connectivity index (χ3n) is 6.23. The van der Waals surface area contributed by atoms with Gasteiger partial charge in [-0.15, -0.1) is 0 Å². The lowest BCUT2D eigenvalue weighted by atomic mass is 10.0. The Morgan fingerprint density at radius 2 is 1.55 bits per heavy atom. The van der Waals surface area contributed by atoms with Crippen LogP contribution in [0.1, 0.15) is 16.8 Å². The zero-order chi connectivity index (χ0) is 22.4. The Kier molecular flexibility index (Phi) is 4.52. The topological polar surface area (TPSA) is 95.4 Å². The number of nitrogens with one attached hydrogen (secondary N) is 3. The summed E-state index contributed by atoms with van der Waals surface area (Å²) in [5.41, 5.74) is 13.7. The molecule has 0 radical (unpaired) electrons. The molecule has 3 heterocycles. The fraction of sp³-hybridized carbons (Fsp3) is 0.0741. The third kappa shape index (κ3) is 3.20. The van der Waals surface area contributed by atoms with Gasteiger partial charge in [0.15, 0.2) is 0 Å². The van der Waals surface area contributed by atoms with Crippen LogP contribution < -0.4 is 11.4 Å². The van der Waals surface area contributed by atoms with Gasteiger partial charge in [-0.25, -0.2) is 4.79 Å². The predicted molar refractivity (Wildman–Crippen MR) is 133 cm³/mol. The van der Waals surface area contributed by atoms with Gasteiger partial charge >= 0.3 is 5.69 Å². The van der Waals surface area contributed by atoms with Crippen LogP contribution in [0, 0.1) is 0 Å². The van der Waals surface area contributed by atoms with E-state index in [1.165, 1.54) is 5.56 Å². The number of nitrogens with two attached hydrogens (primary N) is 1. The quantitative estimate of drug-likeness (QED) is 0.313. The molecule has 6 nitrogen and oxygen atoms in total. The summed E-state index contributed by atoms with van der Waals surface area (Å²) in [7, 11) is 0. The lowest BCUT2D eigenvalue weighted by molar-refractivity contribution is 0.996. The van der Waals surface area contributed by atoms with Gasteiger partial charge in [-0.05, 0) is 23.3 Å². The van der Waals surface area contributed by atoms with Crippen LogP contribution in [0.3, 0.4) is 0 Å². The van der Waals surface area contributed by atoms with Crippen molar-refractivity contribution in [3.8, 4) is 16.9 Å². The molecule has 0 fully saturated rings. The highest BCUT2D eigenvalue weighted by Crippen LogP contribution is 2.35. The molecule has 6 heteroatoms. The molecule has 0 aliphatic rings. The minimum Gasteiger partial charge on any atom is -0.359 e. The second-order valence-corrected chi connectivity index (χ2v) is 8.26. The van der Waals surface area contributed by atoms with Crippen LogP contribution in [0.5, 0.6) is 0 Å². The molecule has 0 bridgehead atoms. The largest absolute Gasteiger partial charge is 0.359 e. The lowest BCUT2D eigenvalue weighted by Gasteiger charge is -2.10. The maximum absolute atomic E-state index is 13.0. The Morgan fingerprint density at radius 1 is 0.788 bits per heavy atom. The van der Waals surface area contributed by atoms with Gasteiger partial charge < -0.3 is 20.7 Å². The first kappa shape index (κ1) is 19.4. The molecule has 3 aromatic carbocycles. The molecular formula is C27H23N5O. The third-order valence-corrected chi connectivity index (χ3v) is 6.23. The highest BCUT2D eigenvalue weighted by molar-refractivity contribution is 5.98. The van der Waals surface area contributed by atoms with Crippen LogP contribution in [0.2, 0.25) is 0 Å². The average molecular weight is 434 g/mol. The molecule has 3 aromatic heterocycles. The molecule has 6 aromatic rings. The number of benzene rings is 3. The summed E-state index contributed by atoms with van der Waals surface area (Å²) in [6.07, 6.45) is 4.40. The normalized spacial score (nSPS) is 11.5. The van der Waals surface area contributed by atoms with Gasteiger partial charge in [0, 0.05) is 58.4 Å². The van der Waals surface area contributed by atoms with Crippen molar-refractivity contribution in [1.82, 2.24) is 19.5 Å². The number of fused-ring (bicyclic) bond motifs is 2. The highest BCUT2D eigenvalue weighted by Gasteiger charge is 2.21. The van der Waals surface area contributed by atoms with E-state index in [0.29, 0.717) is 13.0 Å². The molecule has 6 rings (SSSR count). The molecule has 5 N–H and O–H groups in total. The van der Waals surface area contributed by atoms with Crippen LogP contribution in [0.4, 0.5) is 0 Å². The fourth-order valence-electron chi connectivity index (χ4n) is 4.73. The summed E-state index contributed by atoms with van der Waals surface area (Å²) in [5.74, 6) is 0. The smallest absolute Gasteiger partial charge is 0.330 e. The Morgan fingerprint density at radius 3 is 2.39 bits per heavy atom. The monoisotopic (exact) mass is 433 g/mol. The van der Waals surface area contributed by atoms with E-state index >= 15 is 0 Å². The van der Waals surface area contributed by atoms with E-state index in [4.69, 9.17) is 5.73 Å². The summed E-state index contributed by atoms with van der Waals surface area (Å²) < 4.78 is 1.76. The van der Waals surface area contributed by atoms with Gasteiger partial charge in [0.1, 0.15) is 0 Å². The van der Waals surface area contributed by atoms with Gasteiger partial charge in [-0.2, -0.15) is 0 Å². The summed E-state index contributed by atoms with van der Waals surface area (Å²) in [6, 6.07) is 24.5. The molecule has 0 aliphatic heterocycles. The van der Waals surface area contributed by atoms with E-state index in [2.05, 4.69) is 39.2 Å². The first-order valence-corrected chi connectivity index (χ1v) is 11.0. The fourth-order valence-corrected chi connectivity index (χ4v) is 4.73. The van der Waals surface area contributed by atoms with E-state index < -0.39 is 0 Å². The number of para-hydroxylation sites is 2. The number of rotatable bonds is 5. The van der Waals surface area contributed by atoms with Crippen molar-refractivity contribution in [3.05, 3.63) is 112 Å². The van der Waals surface area contributed by atoms with Crippen molar-refractivity contribution in [2.75, 3.05) is 0 Å². The van der Waals surface area contributed by atoms with Crippen LogP contribution in [-0.2, 0) is 13.0 Å². The number of aromatic amines is 3. The molecule has 33 heavy (non-hydrogen) atoms. The minimum absolute atomic E-state index is 0.170. The summed E-state index contributed by atoms with van der Waals surface area (Å²) in [6.45, 7) is 0.505. The molecule has 0 saturated heterocycles. The van der Waals surface area contributed by atoms with E-state index in [0.717, 1.165) is 50.0 Å². The van der Waals surface area contributed by atoms with Gasteiger partial charge in [0.05, 0.1) is 11.4 Å². The highest BCUT2D eigenvalue weighted by atomic mass is 16.1. The molecule has 0 spiro atoms. The molecule has 0 atom stereocenters. The van der Waals surface area contributed by atoms with Gasteiger partial charge in [0.2, 0.25) is 0 Å². The van der Waals surface area contributed by atoms with Crippen molar-refractivity contribution in [1.29, 1.82) is 0 Å². The summed E-state index contributed by atoms with van der Waals surface area (Å²) in [5, 5.41) is 2.08. The van der Waals surface area contributed by atoms with E-state index in [-0.39, 0.29) is 5.69 Å². The Labute approximate surface area is 189 Å². The van der Waals surface area contributed by atoms with Gasteiger partial charge in [-0.1, -0.05) is 60.7 Å². The number of hydrogen-bond acceptors (Lipinski definition) is 2. The molecule has 0 saturated carbocycles. The second-order valence-electron chi connectivity index (χ2n) is 8.26. The summed E-state index contributed by atoms with van der Waals surface area (Å²) >= 11 is 0. The van der Waals surface area contributed by atoms with E-state index in [9.17, 15) is 4.79 Å². The Bertz CT molecular complexity index is 1660. The van der Waals surface area contributed by atoms with Crippen molar-refractivity contribution in [2.45, 2.75) is 13.0 Å². The maximum Gasteiger partial charge on any atom is 0.330 e. The number of nitrogens with zero attached hydrogens (tertiary/aromatic N) is 1. The number of H-pyrrole nitrogens is 3. The van der Waals surface area contributed by atoms with Crippen LogP contribution >= 0.6 is 0 Å². The lowest BCUT2D eigenvalue weighted by Crippen LogP contribution is -2.15. The molecular weight excluding hydrogens is 410 g/mol. The van der Waals surface area contributed by atoms with Crippen molar-refractivity contribution in [2.24, 2.45) is 5.73 Å². The Balaban J connectivity index is 1.58.